The number of nitrogens with one attached hydrogen (secondary N) is 2. The highest BCUT2D eigenvalue weighted by Gasteiger charge is 2.11. The molecule has 0 unspecified atom stereocenters. The van der Waals surface area contributed by atoms with E-state index in [1.807, 2.05) is 6.92 Å². The van der Waals surface area contributed by atoms with Crippen molar-refractivity contribution in [1.82, 2.24) is 19.7 Å². The molecule has 15 heavy (non-hydrogen) atoms. The van der Waals surface area contributed by atoms with E-state index in [2.05, 4.69) is 20.5 Å². The largest absolute Gasteiger partial charge is 0.330 e. The number of carbonyl (C=O) groups excluding carboxylic acids is 1. The van der Waals surface area contributed by atoms with Gasteiger partial charge in [0.05, 0.1) is 18.7 Å². The molecule has 2 aromatic heterocycles. The van der Waals surface area contributed by atoms with E-state index in [1.54, 1.807) is 24.1 Å². The second-order valence-corrected chi connectivity index (χ2v) is 3.27. The summed E-state index contributed by atoms with van der Waals surface area (Å²) in [5.74, 6) is 0.406. The molecule has 0 aromatic carbocycles. The van der Waals surface area contributed by atoms with Crippen molar-refractivity contribution in [3.8, 4) is 0 Å². The number of aryl methyl sites for hydroxylation is 2. The molecular formula is C9H11N5O. The van der Waals surface area contributed by atoms with Crippen molar-refractivity contribution < 1.29 is 4.79 Å². The summed E-state index contributed by atoms with van der Waals surface area (Å²) >= 11 is 0. The fraction of sp³-hybridized carbons (Fsp3) is 0.222. The molecule has 0 aliphatic carbocycles. The maximum absolute atomic E-state index is 11.7. The van der Waals surface area contributed by atoms with Gasteiger partial charge in [-0.25, -0.2) is 4.98 Å². The lowest BCUT2D eigenvalue weighted by atomic mass is 10.3. The van der Waals surface area contributed by atoms with Crippen LogP contribution in [0.3, 0.4) is 0 Å². The van der Waals surface area contributed by atoms with Crippen LogP contribution in [0.1, 0.15) is 16.1 Å². The van der Waals surface area contributed by atoms with Crippen LogP contribution in [0.25, 0.3) is 0 Å². The Labute approximate surface area is 86.3 Å². The van der Waals surface area contributed by atoms with Gasteiger partial charge in [0.15, 0.2) is 0 Å². The van der Waals surface area contributed by atoms with Gasteiger partial charge >= 0.3 is 0 Å². The van der Waals surface area contributed by atoms with Gasteiger partial charge in [-0.15, -0.1) is 0 Å². The minimum Gasteiger partial charge on any atom is -0.330 e. The Bertz CT molecular complexity index is 484. The zero-order chi connectivity index (χ0) is 10.8. The van der Waals surface area contributed by atoms with Crippen LogP contribution in [-0.4, -0.2) is 25.7 Å². The molecule has 0 saturated heterocycles. The van der Waals surface area contributed by atoms with Crippen molar-refractivity contribution >= 4 is 11.7 Å². The zero-order valence-electron chi connectivity index (χ0n) is 8.48. The molecule has 0 fully saturated rings. The molecule has 0 radical (unpaired) electrons. The molecule has 0 bridgehead atoms. The molecule has 2 rings (SSSR count). The number of carbonyl (C=O) groups is 1. The molecule has 0 atom stereocenters. The van der Waals surface area contributed by atoms with Crippen molar-refractivity contribution in [2.45, 2.75) is 6.92 Å². The molecule has 2 aromatic rings. The second-order valence-electron chi connectivity index (χ2n) is 3.27. The molecule has 1 amide bonds. The predicted octanol–water partition coefficient (Wildman–Crippen LogP) is 0.704. The number of hydrogen-bond acceptors (Lipinski definition) is 3. The number of amides is 1. The fourth-order valence-corrected chi connectivity index (χ4v) is 1.23. The quantitative estimate of drug-likeness (QED) is 0.757. The number of rotatable bonds is 2. The van der Waals surface area contributed by atoms with E-state index < -0.39 is 0 Å². The van der Waals surface area contributed by atoms with Crippen LogP contribution >= 0.6 is 0 Å². The highest BCUT2D eigenvalue weighted by Crippen LogP contribution is 2.10. The van der Waals surface area contributed by atoms with Crippen LogP contribution in [-0.2, 0) is 7.05 Å². The monoisotopic (exact) mass is 205 g/mol. The number of hydrogen-bond donors (Lipinski definition) is 2. The van der Waals surface area contributed by atoms with E-state index in [-0.39, 0.29) is 5.91 Å². The molecule has 0 saturated carbocycles. The first-order chi connectivity index (χ1) is 7.18. The first-order valence-corrected chi connectivity index (χ1v) is 4.46. The normalized spacial score (nSPS) is 10.3. The van der Waals surface area contributed by atoms with Crippen LogP contribution < -0.4 is 5.32 Å². The first-order valence-electron chi connectivity index (χ1n) is 4.46. The molecule has 6 nitrogen and oxygen atoms in total. The van der Waals surface area contributed by atoms with Crippen molar-refractivity contribution in [3.05, 3.63) is 30.0 Å². The average molecular weight is 205 g/mol. The standard InChI is InChI=1S/C9H11N5O/c1-6-3-11-13-8(6)12-9(15)7-4-10-5-14(7)2/h3-5H,1-2H3,(H2,11,12,13,15). The molecule has 6 heteroatoms. The van der Waals surface area contributed by atoms with Crippen LogP contribution in [0.2, 0.25) is 0 Å². The van der Waals surface area contributed by atoms with Gasteiger partial charge in [0, 0.05) is 12.6 Å². The number of anilines is 1. The van der Waals surface area contributed by atoms with Crippen LogP contribution in [0, 0.1) is 6.92 Å². The molecule has 78 valence electrons. The summed E-state index contributed by atoms with van der Waals surface area (Å²) in [6.45, 7) is 1.86. The first kappa shape index (κ1) is 9.45. The minimum absolute atomic E-state index is 0.206. The Hall–Kier alpha value is -2.11. The van der Waals surface area contributed by atoms with E-state index in [0.717, 1.165) is 5.56 Å². The van der Waals surface area contributed by atoms with E-state index in [4.69, 9.17) is 0 Å². The Morgan fingerprint density at radius 2 is 2.33 bits per heavy atom. The summed E-state index contributed by atoms with van der Waals surface area (Å²) in [5.41, 5.74) is 1.40. The summed E-state index contributed by atoms with van der Waals surface area (Å²) in [6.07, 6.45) is 4.74. The maximum Gasteiger partial charge on any atom is 0.275 e. The summed E-state index contributed by atoms with van der Waals surface area (Å²) in [6, 6.07) is 0. The zero-order valence-corrected chi connectivity index (χ0v) is 8.48. The second kappa shape index (κ2) is 3.56. The van der Waals surface area contributed by atoms with E-state index in [0.29, 0.717) is 11.5 Å². The minimum atomic E-state index is -0.206. The third kappa shape index (κ3) is 1.74. The number of nitrogens with zero attached hydrogens (tertiary/aromatic N) is 3. The third-order valence-electron chi connectivity index (χ3n) is 2.12. The molecule has 2 N–H and O–H groups in total. The van der Waals surface area contributed by atoms with E-state index in [1.165, 1.54) is 6.20 Å². The van der Waals surface area contributed by atoms with Gasteiger partial charge in [0.2, 0.25) is 0 Å². The van der Waals surface area contributed by atoms with Gasteiger partial charge in [-0.3, -0.25) is 9.89 Å². The SMILES string of the molecule is Cc1cn[nH]c1NC(=O)c1cncn1C. The Morgan fingerprint density at radius 3 is 2.87 bits per heavy atom. The molecule has 2 heterocycles. The Kier molecular flexibility index (Phi) is 2.24. The topological polar surface area (TPSA) is 75.6 Å². The lowest BCUT2D eigenvalue weighted by Crippen LogP contribution is -2.16. The van der Waals surface area contributed by atoms with Gasteiger partial charge in [-0.2, -0.15) is 5.10 Å². The van der Waals surface area contributed by atoms with Crippen LogP contribution in [0.5, 0.6) is 0 Å². The van der Waals surface area contributed by atoms with Gasteiger partial charge in [0.1, 0.15) is 11.5 Å². The fourth-order valence-electron chi connectivity index (χ4n) is 1.23. The van der Waals surface area contributed by atoms with E-state index in [9.17, 15) is 4.79 Å². The maximum atomic E-state index is 11.7. The van der Waals surface area contributed by atoms with Gasteiger partial charge in [-0.05, 0) is 6.92 Å². The summed E-state index contributed by atoms with van der Waals surface area (Å²) < 4.78 is 1.65. The smallest absolute Gasteiger partial charge is 0.275 e. The van der Waals surface area contributed by atoms with E-state index >= 15 is 0 Å². The average Bonchev–Trinajstić information content (AvgIpc) is 2.76. The van der Waals surface area contributed by atoms with Crippen molar-refractivity contribution in [2.75, 3.05) is 5.32 Å². The number of aromatic nitrogens is 4. The lowest BCUT2D eigenvalue weighted by Gasteiger charge is -2.03. The predicted molar refractivity (Wildman–Crippen MR) is 54.5 cm³/mol. The Balaban J connectivity index is 2.18. The van der Waals surface area contributed by atoms with Gasteiger partial charge in [-0.1, -0.05) is 0 Å². The number of aromatic amines is 1. The Morgan fingerprint density at radius 1 is 1.53 bits per heavy atom. The summed E-state index contributed by atoms with van der Waals surface area (Å²) in [5, 5.41) is 9.24. The number of imidazole rings is 1. The van der Waals surface area contributed by atoms with Gasteiger partial charge in [0.25, 0.3) is 5.91 Å². The molecule has 0 aliphatic heterocycles. The van der Waals surface area contributed by atoms with Crippen LogP contribution in [0.15, 0.2) is 18.7 Å². The summed E-state index contributed by atoms with van der Waals surface area (Å²) in [7, 11) is 1.77. The third-order valence-corrected chi connectivity index (χ3v) is 2.12. The highest BCUT2D eigenvalue weighted by atomic mass is 16.2. The van der Waals surface area contributed by atoms with Crippen LogP contribution in [0.4, 0.5) is 5.82 Å². The van der Waals surface area contributed by atoms with Crippen molar-refractivity contribution in [1.29, 1.82) is 0 Å². The van der Waals surface area contributed by atoms with Crippen molar-refractivity contribution in [2.24, 2.45) is 7.05 Å². The molecule has 0 aliphatic rings. The highest BCUT2D eigenvalue weighted by molar-refractivity contribution is 6.02. The molecule has 0 spiro atoms. The number of H-pyrrole nitrogens is 1. The lowest BCUT2D eigenvalue weighted by molar-refractivity contribution is 0.101. The molecular weight excluding hydrogens is 194 g/mol. The van der Waals surface area contributed by atoms with Crippen molar-refractivity contribution in [3.63, 3.8) is 0 Å². The van der Waals surface area contributed by atoms with Gasteiger partial charge < -0.3 is 9.88 Å². The summed E-state index contributed by atoms with van der Waals surface area (Å²) in [4.78, 5) is 15.6.